The van der Waals surface area contributed by atoms with E-state index in [2.05, 4.69) is 15.6 Å². The molecule has 0 saturated carbocycles. The first-order chi connectivity index (χ1) is 21.4. The number of carbonyl (C=O) groups is 2. The molecule has 2 atom stereocenters. The van der Waals surface area contributed by atoms with Gasteiger partial charge in [0.25, 0.3) is 5.91 Å². The first kappa shape index (κ1) is 28.6. The van der Waals surface area contributed by atoms with Gasteiger partial charge in [-0.1, -0.05) is 30.3 Å². The van der Waals surface area contributed by atoms with E-state index in [1.54, 1.807) is 36.5 Å². The average molecular weight is 605 g/mol. The van der Waals surface area contributed by atoms with Crippen LogP contribution in [0.15, 0.2) is 114 Å². The molecule has 9 nitrogen and oxygen atoms in total. The molecule has 1 saturated heterocycles. The lowest BCUT2D eigenvalue weighted by Crippen LogP contribution is -2.29. The highest BCUT2D eigenvalue weighted by molar-refractivity contribution is 7.80. The molecule has 1 aliphatic rings. The Kier molecular flexibility index (Phi) is 8.07. The number of furan rings is 1. The number of aromatic nitrogens is 1. The van der Waals surface area contributed by atoms with Crippen molar-refractivity contribution in [2.45, 2.75) is 19.0 Å². The Morgan fingerprint density at radius 3 is 2.48 bits per heavy atom. The van der Waals surface area contributed by atoms with Gasteiger partial charge < -0.3 is 29.8 Å². The second-order valence-electron chi connectivity index (χ2n) is 10.2. The topological polar surface area (TPSA) is 117 Å². The molecule has 0 unspecified atom stereocenters. The average Bonchev–Trinajstić information content (AvgIpc) is 3.66. The molecular formula is C34H28N4O5S. The minimum absolute atomic E-state index is 0.112. The van der Waals surface area contributed by atoms with E-state index >= 15 is 0 Å². The minimum Gasteiger partial charge on any atom is -0.484 e. The highest BCUT2D eigenvalue weighted by atomic mass is 32.1. The molecular weight excluding hydrogens is 576 g/mol. The smallest absolute Gasteiger partial charge is 0.335 e. The van der Waals surface area contributed by atoms with Gasteiger partial charge in [0.05, 0.1) is 17.3 Å². The van der Waals surface area contributed by atoms with Gasteiger partial charge in [-0.3, -0.25) is 9.78 Å². The molecule has 44 heavy (non-hydrogen) atoms. The lowest BCUT2D eigenvalue weighted by Gasteiger charge is -2.26. The Labute approximate surface area is 259 Å². The van der Waals surface area contributed by atoms with Gasteiger partial charge in [-0.2, -0.15) is 0 Å². The fourth-order valence-electron chi connectivity index (χ4n) is 5.22. The van der Waals surface area contributed by atoms with Crippen LogP contribution < -0.4 is 20.3 Å². The summed E-state index contributed by atoms with van der Waals surface area (Å²) in [5.41, 5.74) is 4.01. The van der Waals surface area contributed by atoms with Crippen LogP contribution in [0.2, 0.25) is 0 Å². The standard InChI is InChI=1S/C34H28N4O5S/c1-21-19-22(33(40)41)10-15-26(21)28-16-17-29(43-28)32-31(27-9-5-6-18-35-27)37-34(44)38(32)24-13-11-23(12-14-24)36-30(39)20-42-25-7-3-2-4-8-25/h2-19,31-32H,20H2,1H3,(H,36,39)(H,37,44)(H,40,41)/t31-,32+/m1/s1. The van der Waals surface area contributed by atoms with Gasteiger partial charge in [-0.25, -0.2) is 4.79 Å². The predicted octanol–water partition coefficient (Wildman–Crippen LogP) is 6.54. The molecule has 0 bridgehead atoms. The van der Waals surface area contributed by atoms with E-state index in [4.69, 9.17) is 21.4 Å². The fourth-order valence-corrected chi connectivity index (χ4v) is 5.57. The largest absolute Gasteiger partial charge is 0.484 e. The summed E-state index contributed by atoms with van der Waals surface area (Å²) in [4.78, 5) is 30.5. The van der Waals surface area contributed by atoms with Crippen molar-refractivity contribution in [2.24, 2.45) is 0 Å². The zero-order valence-corrected chi connectivity index (χ0v) is 24.5. The molecule has 3 heterocycles. The Morgan fingerprint density at radius 1 is 1.00 bits per heavy atom. The summed E-state index contributed by atoms with van der Waals surface area (Å²) in [6.07, 6.45) is 1.74. The third kappa shape index (κ3) is 6.02. The molecule has 0 spiro atoms. The van der Waals surface area contributed by atoms with E-state index in [-0.39, 0.29) is 30.2 Å². The summed E-state index contributed by atoms with van der Waals surface area (Å²) >= 11 is 5.82. The summed E-state index contributed by atoms with van der Waals surface area (Å²) in [5.74, 6) is 0.631. The molecule has 0 aliphatic carbocycles. The number of pyridine rings is 1. The number of aryl methyl sites for hydroxylation is 1. The third-order valence-electron chi connectivity index (χ3n) is 7.30. The van der Waals surface area contributed by atoms with Crippen LogP contribution in [0.25, 0.3) is 11.3 Å². The van der Waals surface area contributed by atoms with E-state index in [0.29, 0.717) is 28.1 Å². The van der Waals surface area contributed by atoms with Gasteiger partial charge in [0, 0.05) is 23.1 Å². The number of amides is 1. The predicted molar refractivity (Wildman–Crippen MR) is 171 cm³/mol. The monoisotopic (exact) mass is 604 g/mol. The van der Waals surface area contributed by atoms with Crippen LogP contribution in [0.1, 0.15) is 39.5 Å². The number of carboxylic acid groups (broad SMARTS) is 1. The maximum atomic E-state index is 12.5. The molecule has 1 amide bonds. The number of carboxylic acids is 1. The number of rotatable bonds is 9. The lowest BCUT2D eigenvalue weighted by molar-refractivity contribution is -0.118. The zero-order chi connectivity index (χ0) is 30.6. The molecule has 1 fully saturated rings. The SMILES string of the molecule is Cc1cc(C(=O)O)ccc1-c1ccc([C@H]2[C@@H](c3ccccn3)NC(=S)N2c2ccc(NC(=O)COc3ccccc3)cc2)o1. The van der Waals surface area contributed by atoms with Crippen molar-refractivity contribution in [1.82, 2.24) is 10.3 Å². The first-order valence-electron chi connectivity index (χ1n) is 13.9. The Hall–Kier alpha value is -5.48. The number of nitrogens with one attached hydrogen (secondary N) is 2. The quantitative estimate of drug-likeness (QED) is 0.161. The summed E-state index contributed by atoms with van der Waals surface area (Å²) < 4.78 is 12.0. The van der Waals surface area contributed by atoms with E-state index < -0.39 is 5.97 Å². The third-order valence-corrected chi connectivity index (χ3v) is 7.61. The molecule has 0 radical (unpaired) electrons. The molecule has 3 N–H and O–H groups in total. The number of ether oxygens (including phenoxy) is 1. The van der Waals surface area contributed by atoms with E-state index in [1.165, 1.54) is 0 Å². The number of thiocarbonyl (C=S) groups is 1. The second-order valence-corrected chi connectivity index (χ2v) is 10.6. The van der Waals surface area contributed by atoms with Crippen LogP contribution in [-0.2, 0) is 4.79 Å². The summed E-state index contributed by atoms with van der Waals surface area (Å²) in [6, 6.07) is 30.3. The molecule has 2 aromatic heterocycles. The summed E-state index contributed by atoms with van der Waals surface area (Å²) in [7, 11) is 0. The molecule has 220 valence electrons. The number of hydrogen-bond acceptors (Lipinski definition) is 6. The molecule has 10 heteroatoms. The highest BCUT2D eigenvalue weighted by Gasteiger charge is 2.42. The molecule has 1 aliphatic heterocycles. The van der Waals surface area contributed by atoms with Crippen molar-refractivity contribution in [3.05, 3.63) is 132 Å². The number of para-hydroxylation sites is 1. The number of anilines is 2. The van der Waals surface area contributed by atoms with E-state index in [1.807, 2.05) is 84.6 Å². The van der Waals surface area contributed by atoms with Crippen molar-refractivity contribution < 1.29 is 23.8 Å². The number of hydrogen-bond donors (Lipinski definition) is 3. The van der Waals surface area contributed by atoms with Gasteiger partial charge in [0.2, 0.25) is 0 Å². The van der Waals surface area contributed by atoms with Gasteiger partial charge in [-0.15, -0.1) is 0 Å². The van der Waals surface area contributed by atoms with E-state index in [9.17, 15) is 14.7 Å². The number of benzene rings is 3. The van der Waals surface area contributed by atoms with Gasteiger partial charge in [0.15, 0.2) is 11.7 Å². The van der Waals surface area contributed by atoms with Crippen LogP contribution in [0.4, 0.5) is 11.4 Å². The van der Waals surface area contributed by atoms with Crippen molar-refractivity contribution in [2.75, 3.05) is 16.8 Å². The molecule has 6 rings (SSSR count). The Balaban J connectivity index is 1.26. The Morgan fingerprint density at radius 2 is 1.77 bits per heavy atom. The zero-order valence-electron chi connectivity index (χ0n) is 23.6. The summed E-state index contributed by atoms with van der Waals surface area (Å²) in [6.45, 7) is 1.74. The Bertz CT molecular complexity index is 1810. The van der Waals surface area contributed by atoms with Gasteiger partial charge >= 0.3 is 5.97 Å². The number of aromatic carboxylic acids is 1. The van der Waals surface area contributed by atoms with Crippen molar-refractivity contribution >= 4 is 40.6 Å². The normalized spacial score (nSPS) is 15.9. The number of carbonyl (C=O) groups excluding carboxylic acids is 1. The lowest BCUT2D eigenvalue weighted by atomic mass is 10.0. The second kappa shape index (κ2) is 12.4. The van der Waals surface area contributed by atoms with Gasteiger partial charge in [0.1, 0.15) is 23.3 Å². The maximum Gasteiger partial charge on any atom is 0.335 e. The fraction of sp³-hybridized carbons (Fsp3) is 0.118. The van der Waals surface area contributed by atoms with Crippen LogP contribution >= 0.6 is 12.2 Å². The van der Waals surface area contributed by atoms with Gasteiger partial charge in [-0.05, 0) is 97.5 Å². The van der Waals surface area contributed by atoms with Crippen LogP contribution in [0.5, 0.6) is 5.75 Å². The molecule has 5 aromatic rings. The maximum absolute atomic E-state index is 12.5. The minimum atomic E-state index is -0.981. The first-order valence-corrected chi connectivity index (χ1v) is 14.3. The summed E-state index contributed by atoms with van der Waals surface area (Å²) in [5, 5.41) is 16.1. The van der Waals surface area contributed by atoms with Crippen molar-refractivity contribution in [3.8, 4) is 17.1 Å². The van der Waals surface area contributed by atoms with Crippen LogP contribution in [0.3, 0.4) is 0 Å². The highest BCUT2D eigenvalue weighted by Crippen LogP contribution is 2.43. The molecule has 3 aromatic carbocycles. The van der Waals surface area contributed by atoms with Crippen molar-refractivity contribution in [1.29, 1.82) is 0 Å². The van der Waals surface area contributed by atoms with Crippen LogP contribution in [-0.4, -0.2) is 33.7 Å². The number of nitrogens with zero attached hydrogens (tertiary/aromatic N) is 2. The van der Waals surface area contributed by atoms with Crippen LogP contribution in [0, 0.1) is 6.92 Å². The van der Waals surface area contributed by atoms with Crippen molar-refractivity contribution in [3.63, 3.8) is 0 Å². The van der Waals surface area contributed by atoms with E-state index in [0.717, 1.165) is 22.5 Å².